The molecule has 1 fully saturated rings. The third-order valence-corrected chi connectivity index (χ3v) is 4.16. The molecule has 0 heterocycles. The van der Waals surface area contributed by atoms with E-state index in [1.54, 1.807) is 0 Å². The van der Waals surface area contributed by atoms with Crippen LogP contribution in [0, 0.1) is 5.92 Å². The molecule has 20 heavy (non-hydrogen) atoms. The molecule has 1 aromatic carbocycles. The maximum Gasteiger partial charge on any atom is 0.307 e. The van der Waals surface area contributed by atoms with Crippen molar-refractivity contribution in [3.63, 3.8) is 0 Å². The minimum Gasteiger partial charge on any atom is -0.481 e. The Morgan fingerprint density at radius 3 is 2.40 bits per heavy atom. The molecule has 0 saturated heterocycles. The van der Waals surface area contributed by atoms with E-state index in [0.29, 0.717) is 0 Å². The van der Waals surface area contributed by atoms with Crippen LogP contribution in [-0.2, 0) is 17.8 Å². The van der Waals surface area contributed by atoms with Gasteiger partial charge in [0.25, 0.3) is 0 Å². The lowest BCUT2D eigenvalue weighted by atomic mass is 9.87. The normalized spacial score (nSPS) is 16.2. The van der Waals surface area contributed by atoms with Gasteiger partial charge in [0.1, 0.15) is 0 Å². The second kappa shape index (κ2) is 8.05. The molecule has 0 spiro atoms. The number of aliphatic carboxylic acids is 1. The Labute approximate surface area is 121 Å². The molecule has 0 atom stereocenters. The Morgan fingerprint density at radius 2 is 1.75 bits per heavy atom. The van der Waals surface area contributed by atoms with Crippen molar-refractivity contribution in [1.82, 2.24) is 5.32 Å². The van der Waals surface area contributed by atoms with Gasteiger partial charge in [0.05, 0.1) is 6.42 Å². The van der Waals surface area contributed by atoms with Crippen LogP contribution in [0.5, 0.6) is 0 Å². The van der Waals surface area contributed by atoms with Crippen LogP contribution < -0.4 is 5.32 Å². The van der Waals surface area contributed by atoms with Crippen molar-refractivity contribution in [2.75, 3.05) is 6.54 Å². The monoisotopic (exact) mass is 275 g/mol. The molecule has 3 nitrogen and oxygen atoms in total. The molecule has 2 rings (SSSR count). The average Bonchev–Trinajstić information content (AvgIpc) is 2.46. The molecule has 1 saturated carbocycles. The van der Waals surface area contributed by atoms with Gasteiger partial charge in [0.15, 0.2) is 0 Å². The van der Waals surface area contributed by atoms with Gasteiger partial charge in [-0.2, -0.15) is 0 Å². The number of nitrogens with one attached hydrogen (secondary N) is 1. The Hall–Kier alpha value is -1.35. The van der Waals surface area contributed by atoms with Crippen LogP contribution in [0.25, 0.3) is 0 Å². The van der Waals surface area contributed by atoms with Crippen molar-refractivity contribution in [2.45, 2.75) is 51.5 Å². The fourth-order valence-electron chi connectivity index (χ4n) is 2.96. The fourth-order valence-corrected chi connectivity index (χ4v) is 2.96. The summed E-state index contributed by atoms with van der Waals surface area (Å²) < 4.78 is 0. The summed E-state index contributed by atoms with van der Waals surface area (Å²) in [4.78, 5) is 10.6. The molecule has 3 heteroatoms. The van der Waals surface area contributed by atoms with Gasteiger partial charge in [-0.05, 0) is 30.0 Å². The Balaban J connectivity index is 1.64. The summed E-state index contributed by atoms with van der Waals surface area (Å²) in [5.74, 6) is 0.151. The maximum absolute atomic E-state index is 10.6. The number of rotatable bonds is 7. The summed E-state index contributed by atoms with van der Waals surface area (Å²) in [5, 5.41) is 12.2. The zero-order chi connectivity index (χ0) is 14.2. The van der Waals surface area contributed by atoms with Gasteiger partial charge in [-0.1, -0.05) is 56.4 Å². The van der Waals surface area contributed by atoms with Crippen LogP contribution in [0.15, 0.2) is 24.3 Å². The van der Waals surface area contributed by atoms with E-state index in [9.17, 15) is 4.79 Å². The van der Waals surface area contributed by atoms with E-state index in [0.717, 1.165) is 24.6 Å². The highest BCUT2D eigenvalue weighted by atomic mass is 16.4. The molecule has 0 unspecified atom stereocenters. The Morgan fingerprint density at radius 1 is 1.10 bits per heavy atom. The number of carboxylic acid groups (broad SMARTS) is 1. The second-order valence-electron chi connectivity index (χ2n) is 5.86. The third-order valence-electron chi connectivity index (χ3n) is 4.16. The SMILES string of the molecule is O=C(O)Cc1ccc(CNCCC2CCCCC2)cc1. The van der Waals surface area contributed by atoms with Crippen molar-refractivity contribution >= 4 is 5.97 Å². The average molecular weight is 275 g/mol. The van der Waals surface area contributed by atoms with E-state index in [4.69, 9.17) is 5.11 Å². The number of hydrogen-bond acceptors (Lipinski definition) is 2. The van der Waals surface area contributed by atoms with Gasteiger partial charge in [-0.3, -0.25) is 4.79 Å². The van der Waals surface area contributed by atoms with E-state index >= 15 is 0 Å². The first-order chi connectivity index (χ1) is 9.74. The molecular weight excluding hydrogens is 250 g/mol. The smallest absolute Gasteiger partial charge is 0.307 e. The predicted octanol–water partition coefficient (Wildman–Crippen LogP) is 3.37. The van der Waals surface area contributed by atoms with Gasteiger partial charge in [0.2, 0.25) is 0 Å². The largest absolute Gasteiger partial charge is 0.481 e. The van der Waals surface area contributed by atoms with Crippen molar-refractivity contribution in [2.24, 2.45) is 5.92 Å². The van der Waals surface area contributed by atoms with Gasteiger partial charge in [-0.25, -0.2) is 0 Å². The molecule has 0 bridgehead atoms. The van der Waals surface area contributed by atoms with Crippen LogP contribution in [-0.4, -0.2) is 17.6 Å². The lowest BCUT2D eigenvalue weighted by Crippen LogP contribution is -2.19. The summed E-state index contributed by atoms with van der Waals surface area (Å²) in [6, 6.07) is 7.86. The minimum atomic E-state index is -0.775. The van der Waals surface area contributed by atoms with E-state index in [-0.39, 0.29) is 6.42 Å². The fraction of sp³-hybridized carbons (Fsp3) is 0.588. The molecular formula is C17H25NO2. The quantitative estimate of drug-likeness (QED) is 0.750. The van der Waals surface area contributed by atoms with Gasteiger partial charge < -0.3 is 10.4 Å². The minimum absolute atomic E-state index is 0.107. The molecule has 110 valence electrons. The van der Waals surface area contributed by atoms with Gasteiger partial charge in [0, 0.05) is 6.54 Å². The zero-order valence-electron chi connectivity index (χ0n) is 12.1. The van der Waals surface area contributed by atoms with Crippen LogP contribution in [0.2, 0.25) is 0 Å². The molecule has 1 aliphatic carbocycles. The summed E-state index contributed by atoms with van der Waals surface area (Å²) >= 11 is 0. The van der Waals surface area contributed by atoms with E-state index in [1.165, 1.54) is 44.1 Å². The zero-order valence-corrected chi connectivity index (χ0v) is 12.1. The van der Waals surface area contributed by atoms with E-state index in [1.807, 2.05) is 24.3 Å². The van der Waals surface area contributed by atoms with Gasteiger partial charge >= 0.3 is 5.97 Å². The van der Waals surface area contributed by atoms with Crippen molar-refractivity contribution in [1.29, 1.82) is 0 Å². The molecule has 1 aromatic rings. The highest BCUT2D eigenvalue weighted by Gasteiger charge is 2.12. The topological polar surface area (TPSA) is 49.3 Å². The number of hydrogen-bond donors (Lipinski definition) is 2. The summed E-state index contributed by atoms with van der Waals surface area (Å²) in [6.07, 6.45) is 8.46. The summed E-state index contributed by atoms with van der Waals surface area (Å²) in [5.41, 5.74) is 2.09. The molecule has 0 aromatic heterocycles. The van der Waals surface area contributed by atoms with Crippen LogP contribution >= 0.6 is 0 Å². The lowest BCUT2D eigenvalue weighted by Gasteiger charge is -2.21. The number of carbonyl (C=O) groups is 1. The third kappa shape index (κ3) is 5.33. The summed E-state index contributed by atoms with van der Waals surface area (Å²) in [6.45, 7) is 1.96. The standard InChI is InChI=1S/C17H25NO2/c19-17(20)12-15-6-8-16(9-7-15)13-18-11-10-14-4-2-1-3-5-14/h6-9,14,18H,1-5,10-13H2,(H,19,20). The molecule has 1 aliphatic rings. The van der Waals surface area contributed by atoms with E-state index < -0.39 is 5.97 Å². The van der Waals surface area contributed by atoms with E-state index in [2.05, 4.69) is 5.32 Å². The first-order valence-electron chi connectivity index (χ1n) is 7.74. The predicted molar refractivity (Wildman–Crippen MR) is 80.7 cm³/mol. The van der Waals surface area contributed by atoms with Crippen molar-refractivity contribution in [3.8, 4) is 0 Å². The van der Waals surface area contributed by atoms with Crippen LogP contribution in [0.4, 0.5) is 0 Å². The second-order valence-corrected chi connectivity index (χ2v) is 5.86. The molecule has 2 N–H and O–H groups in total. The first kappa shape index (κ1) is 15.0. The lowest BCUT2D eigenvalue weighted by molar-refractivity contribution is -0.136. The molecule has 0 amide bonds. The van der Waals surface area contributed by atoms with Crippen LogP contribution in [0.3, 0.4) is 0 Å². The van der Waals surface area contributed by atoms with Crippen molar-refractivity contribution in [3.05, 3.63) is 35.4 Å². The molecule has 0 aliphatic heterocycles. The van der Waals surface area contributed by atoms with Crippen molar-refractivity contribution < 1.29 is 9.90 Å². The molecule has 0 radical (unpaired) electrons. The summed E-state index contributed by atoms with van der Waals surface area (Å²) in [7, 11) is 0. The maximum atomic E-state index is 10.6. The number of carboxylic acids is 1. The first-order valence-corrected chi connectivity index (χ1v) is 7.74. The Kier molecular flexibility index (Phi) is 6.06. The Bertz CT molecular complexity index is 408. The highest BCUT2D eigenvalue weighted by Crippen LogP contribution is 2.25. The number of benzene rings is 1. The highest BCUT2D eigenvalue weighted by molar-refractivity contribution is 5.70. The van der Waals surface area contributed by atoms with Gasteiger partial charge in [-0.15, -0.1) is 0 Å². The van der Waals surface area contributed by atoms with Crippen LogP contribution in [0.1, 0.15) is 49.7 Å².